The fourth-order valence-corrected chi connectivity index (χ4v) is 4.31. The topological polar surface area (TPSA) is 46.6 Å². The van der Waals surface area contributed by atoms with Gasteiger partial charge in [0.2, 0.25) is 0 Å². The Labute approximate surface area is 150 Å². The van der Waals surface area contributed by atoms with E-state index in [1.54, 1.807) is 0 Å². The van der Waals surface area contributed by atoms with Crippen molar-refractivity contribution in [3.63, 3.8) is 0 Å². The number of ether oxygens (including phenoxy) is 1. The zero-order valence-electron chi connectivity index (χ0n) is 15.6. The first-order valence-electron chi connectivity index (χ1n) is 9.46. The smallest absolute Gasteiger partial charge is 0.324 e. The number of nitrogens with zero attached hydrogens (tertiary/aromatic N) is 1. The van der Waals surface area contributed by atoms with Gasteiger partial charge < -0.3 is 4.74 Å². The van der Waals surface area contributed by atoms with Crippen molar-refractivity contribution in [3.8, 4) is 0 Å². The maximum absolute atomic E-state index is 12.7. The molecule has 1 fully saturated rings. The standard InChI is InChI=1S/C21H29NO3/c1-4-22-14-21(2,3)25-20(24)19(22)13-17(23)12-16-10-7-9-15-8-5-6-11-18(15)16/h5-6,8,11,16,19H,4,7,9-10,12-14H2,1-3H3. The summed E-state index contributed by atoms with van der Waals surface area (Å²) in [5.74, 6) is 0.209. The van der Waals surface area contributed by atoms with E-state index >= 15 is 0 Å². The van der Waals surface area contributed by atoms with Gasteiger partial charge in [0.05, 0.1) is 0 Å². The number of cyclic esters (lactones) is 1. The minimum absolute atomic E-state index is 0.168. The van der Waals surface area contributed by atoms with Crippen molar-refractivity contribution in [1.82, 2.24) is 4.90 Å². The van der Waals surface area contributed by atoms with Gasteiger partial charge in [0.25, 0.3) is 0 Å². The highest BCUT2D eigenvalue weighted by Crippen LogP contribution is 2.34. The van der Waals surface area contributed by atoms with Crippen LogP contribution in [0.3, 0.4) is 0 Å². The Bertz CT molecular complexity index is 652. The van der Waals surface area contributed by atoms with Crippen molar-refractivity contribution in [1.29, 1.82) is 0 Å². The van der Waals surface area contributed by atoms with Crippen LogP contribution in [0.25, 0.3) is 0 Å². The van der Waals surface area contributed by atoms with Crippen LogP contribution >= 0.6 is 0 Å². The lowest BCUT2D eigenvalue weighted by atomic mass is 9.79. The third-order valence-electron chi connectivity index (χ3n) is 5.47. The Balaban J connectivity index is 1.66. The van der Waals surface area contributed by atoms with E-state index in [0.717, 1.165) is 25.8 Å². The van der Waals surface area contributed by atoms with Crippen LogP contribution in [0.1, 0.15) is 63.5 Å². The van der Waals surface area contributed by atoms with Crippen molar-refractivity contribution in [3.05, 3.63) is 35.4 Å². The zero-order valence-corrected chi connectivity index (χ0v) is 15.6. The molecule has 1 saturated heterocycles. The number of rotatable bonds is 5. The molecule has 1 aliphatic carbocycles. The van der Waals surface area contributed by atoms with Crippen LogP contribution in [0.15, 0.2) is 24.3 Å². The van der Waals surface area contributed by atoms with Gasteiger partial charge in [-0.15, -0.1) is 0 Å². The largest absolute Gasteiger partial charge is 0.457 e. The molecule has 1 aromatic rings. The monoisotopic (exact) mass is 343 g/mol. The van der Waals surface area contributed by atoms with Crippen molar-refractivity contribution < 1.29 is 14.3 Å². The summed E-state index contributed by atoms with van der Waals surface area (Å²) in [4.78, 5) is 27.2. The van der Waals surface area contributed by atoms with E-state index in [0.29, 0.717) is 18.9 Å². The minimum atomic E-state index is -0.477. The first-order valence-corrected chi connectivity index (χ1v) is 9.46. The van der Waals surface area contributed by atoms with E-state index in [4.69, 9.17) is 4.74 Å². The predicted molar refractivity (Wildman–Crippen MR) is 97.6 cm³/mol. The van der Waals surface area contributed by atoms with Gasteiger partial charge in [-0.2, -0.15) is 0 Å². The van der Waals surface area contributed by atoms with Crippen molar-refractivity contribution >= 4 is 11.8 Å². The highest BCUT2D eigenvalue weighted by Gasteiger charge is 2.41. The van der Waals surface area contributed by atoms with Crippen LogP contribution in [0.4, 0.5) is 0 Å². The number of benzene rings is 1. The van der Waals surface area contributed by atoms with Gasteiger partial charge in [-0.25, -0.2) is 0 Å². The number of hydrogen-bond acceptors (Lipinski definition) is 4. The van der Waals surface area contributed by atoms with Crippen LogP contribution in [0.5, 0.6) is 0 Å². The number of aryl methyl sites for hydroxylation is 1. The third-order valence-corrected chi connectivity index (χ3v) is 5.47. The maximum atomic E-state index is 12.7. The SMILES string of the molecule is CCN1CC(C)(C)OC(=O)C1CC(=O)CC1CCCc2ccccc21. The molecule has 0 amide bonds. The second-order valence-corrected chi connectivity index (χ2v) is 7.99. The zero-order chi connectivity index (χ0) is 18.0. The Morgan fingerprint density at radius 2 is 2.04 bits per heavy atom. The Kier molecular flexibility index (Phi) is 5.28. The summed E-state index contributed by atoms with van der Waals surface area (Å²) >= 11 is 0. The number of morpholine rings is 1. The molecule has 0 N–H and O–H groups in total. The number of likely N-dealkylation sites (N-methyl/N-ethyl adjacent to an activating group) is 1. The quantitative estimate of drug-likeness (QED) is 0.768. The molecule has 25 heavy (non-hydrogen) atoms. The Morgan fingerprint density at radius 3 is 2.80 bits per heavy atom. The first-order chi connectivity index (χ1) is 11.9. The van der Waals surface area contributed by atoms with Crippen LogP contribution in [-0.4, -0.2) is 41.4 Å². The summed E-state index contributed by atoms with van der Waals surface area (Å²) < 4.78 is 5.53. The summed E-state index contributed by atoms with van der Waals surface area (Å²) in [6, 6.07) is 8.03. The van der Waals surface area contributed by atoms with E-state index in [1.807, 2.05) is 20.8 Å². The van der Waals surface area contributed by atoms with Gasteiger partial charge in [0.15, 0.2) is 0 Å². The number of Topliss-reactive ketones (excluding diaryl/α,β-unsaturated/α-hetero) is 1. The first kappa shape index (κ1) is 18.1. The maximum Gasteiger partial charge on any atom is 0.324 e. The summed E-state index contributed by atoms with van der Waals surface area (Å²) in [7, 11) is 0. The van der Waals surface area contributed by atoms with Crippen LogP contribution < -0.4 is 0 Å². The second kappa shape index (κ2) is 7.28. The van der Waals surface area contributed by atoms with Gasteiger partial charge in [-0.05, 0) is 56.7 Å². The van der Waals surface area contributed by atoms with Gasteiger partial charge in [0, 0.05) is 19.4 Å². The molecule has 1 heterocycles. The molecule has 2 aliphatic rings. The number of carbonyl (C=O) groups excluding carboxylic acids is 2. The van der Waals surface area contributed by atoms with Crippen molar-refractivity contribution in [2.75, 3.05) is 13.1 Å². The lowest BCUT2D eigenvalue weighted by Gasteiger charge is -2.42. The molecule has 4 heteroatoms. The van der Waals surface area contributed by atoms with Gasteiger partial charge >= 0.3 is 5.97 Å². The Morgan fingerprint density at radius 1 is 1.28 bits per heavy atom. The molecule has 2 atom stereocenters. The number of fused-ring (bicyclic) bond motifs is 1. The van der Waals surface area contributed by atoms with Crippen molar-refractivity contribution in [2.24, 2.45) is 0 Å². The molecule has 136 valence electrons. The summed E-state index contributed by atoms with van der Waals surface area (Å²) in [6.07, 6.45) is 4.09. The van der Waals surface area contributed by atoms with E-state index in [1.165, 1.54) is 11.1 Å². The van der Waals surface area contributed by atoms with Gasteiger partial charge in [-0.3, -0.25) is 14.5 Å². The molecule has 0 radical (unpaired) electrons. The lowest BCUT2D eigenvalue weighted by molar-refractivity contribution is -0.178. The molecular formula is C21H29NO3. The number of hydrogen-bond donors (Lipinski definition) is 0. The molecule has 0 bridgehead atoms. The fourth-order valence-electron chi connectivity index (χ4n) is 4.31. The number of esters is 1. The summed E-state index contributed by atoms with van der Waals surface area (Å²) in [5, 5.41) is 0. The fraction of sp³-hybridized carbons (Fsp3) is 0.619. The van der Waals surface area contributed by atoms with E-state index in [9.17, 15) is 9.59 Å². The van der Waals surface area contributed by atoms with E-state index in [2.05, 4.69) is 29.2 Å². The average molecular weight is 343 g/mol. The second-order valence-electron chi connectivity index (χ2n) is 7.99. The van der Waals surface area contributed by atoms with E-state index < -0.39 is 11.6 Å². The normalized spacial score (nSPS) is 26.0. The van der Waals surface area contributed by atoms with Crippen LogP contribution in [0.2, 0.25) is 0 Å². The molecular weight excluding hydrogens is 314 g/mol. The molecule has 1 aromatic carbocycles. The molecule has 0 aromatic heterocycles. The molecule has 0 spiro atoms. The number of ketones is 1. The molecule has 3 rings (SSSR count). The molecule has 2 unspecified atom stereocenters. The van der Waals surface area contributed by atoms with Crippen molar-refractivity contribution in [2.45, 2.75) is 70.4 Å². The summed E-state index contributed by atoms with van der Waals surface area (Å²) in [6.45, 7) is 7.31. The van der Waals surface area contributed by atoms with Crippen LogP contribution in [0, 0.1) is 0 Å². The molecule has 4 nitrogen and oxygen atoms in total. The minimum Gasteiger partial charge on any atom is -0.457 e. The molecule has 0 saturated carbocycles. The average Bonchev–Trinajstić information content (AvgIpc) is 2.57. The highest BCUT2D eigenvalue weighted by molar-refractivity contribution is 5.87. The molecule has 1 aliphatic heterocycles. The summed E-state index contributed by atoms with van der Waals surface area (Å²) in [5.41, 5.74) is 2.22. The van der Waals surface area contributed by atoms with Gasteiger partial charge in [0.1, 0.15) is 17.4 Å². The highest BCUT2D eigenvalue weighted by atomic mass is 16.6. The van der Waals surface area contributed by atoms with Gasteiger partial charge in [-0.1, -0.05) is 31.2 Å². The Hall–Kier alpha value is -1.68. The predicted octanol–water partition coefficient (Wildman–Crippen LogP) is 3.48. The third kappa shape index (κ3) is 4.12. The lowest BCUT2D eigenvalue weighted by Crippen LogP contribution is -2.57. The van der Waals surface area contributed by atoms with E-state index in [-0.39, 0.29) is 18.2 Å². The number of carbonyl (C=O) groups is 2. The van der Waals surface area contributed by atoms with Crippen LogP contribution in [-0.2, 0) is 20.7 Å².